The highest BCUT2D eigenvalue weighted by Crippen LogP contribution is 2.42. The van der Waals surface area contributed by atoms with Gasteiger partial charge in [0.05, 0.1) is 44.3 Å². The van der Waals surface area contributed by atoms with E-state index in [0.29, 0.717) is 18.2 Å². The number of nitrogens with one attached hydrogen (secondary N) is 2. The number of methoxy groups -OCH3 is 1. The van der Waals surface area contributed by atoms with Gasteiger partial charge in [-0.2, -0.15) is 0 Å². The largest absolute Gasteiger partial charge is 0.492 e. The molecule has 0 aliphatic carbocycles. The molecule has 0 bridgehead atoms. The van der Waals surface area contributed by atoms with Crippen LogP contribution in [0.25, 0.3) is 21.9 Å². The summed E-state index contributed by atoms with van der Waals surface area (Å²) in [7, 11) is 1.68. The number of aromatic nitrogens is 2. The highest BCUT2D eigenvalue weighted by Gasteiger charge is 2.22. The molecular weight excluding hydrogens is 578 g/mol. The Kier molecular flexibility index (Phi) is 9.72. The predicted octanol–water partition coefficient (Wildman–Crippen LogP) is 7.26. The van der Waals surface area contributed by atoms with E-state index in [1.807, 2.05) is 12.4 Å². The minimum Gasteiger partial charge on any atom is -0.492 e. The second-order valence-corrected chi connectivity index (χ2v) is 13.0. The lowest BCUT2D eigenvalue weighted by Crippen LogP contribution is -2.36. The molecule has 2 aliphatic heterocycles. The Morgan fingerprint density at radius 1 is 0.978 bits per heavy atom. The van der Waals surface area contributed by atoms with Crippen LogP contribution in [0.15, 0.2) is 73.4 Å². The first-order chi connectivity index (χ1) is 22.3. The summed E-state index contributed by atoms with van der Waals surface area (Å²) in [6.45, 7) is 16.0. The molecular formula is C37H45N5O4. The van der Waals surface area contributed by atoms with Crippen molar-refractivity contribution in [1.29, 1.82) is 0 Å². The van der Waals surface area contributed by atoms with Crippen molar-refractivity contribution >= 4 is 27.8 Å². The molecule has 3 aromatic carbocycles. The zero-order valence-corrected chi connectivity index (χ0v) is 27.4. The molecule has 9 nitrogen and oxygen atoms in total. The SMILES string of the molecule is C=C(Nc1cc(C(C)(C)C)cc(Nc2ccc(-c3cnc(CN4CCOCC4)nc3)c3ccccc23)c1OC)OCC1CCCO1. The molecule has 242 valence electrons. The Hall–Kier alpha value is -4.18. The minimum atomic E-state index is -0.112. The lowest BCUT2D eigenvalue weighted by Gasteiger charge is -2.25. The van der Waals surface area contributed by atoms with Gasteiger partial charge < -0.3 is 29.6 Å². The Morgan fingerprint density at radius 2 is 1.72 bits per heavy atom. The van der Waals surface area contributed by atoms with Gasteiger partial charge in [-0.25, -0.2) is 9.97 Å². The summed E-state index contributed by atoms with van der Waals surface area (Å²) in [5.74, 6) is 1.95. The van der Waals surface area contributed by atoms with Gasteiger partial charge in [0.15, 0.2) is 11.6 Å². The molecule has 2 fully saturated rings. The van der Waals surface area contributed by atoms with Crippen LogP contribution in [0.4, 0.5) is 17.1 Å². The quantitative estimate of drug-likeness (QED) is 0.168. The van der Waals surface area contributed by atoms with Crippen LogP contribution in [0, 0.1) is 0 Å². The number of fused-ring (bicyclic) bond motifs is 1. The summed E-state index contributed by atoms with van der Waals surface area (Å²) >= 11 is 0. The Labute approximate surface area is 271 Å². The van der Waals surface area contributed by atoms with Gasteiger partial charge in [0.1, 0.15) is 12.4 Å². The van der Waals surface area contributed by atoms with Gasteiger partial charge in [0, 0.05) is 48.7 Å². The lowest BCUT2D eigenvalue weighted by molar-refractivity contribution is 0.0330. The Bertz CT molecular complexity index is 1660. The molecule has 3 heterocycles. The molecule has 0 spiro atoms. The van der Waals surface area contributed by atoms with Crippen molar-refractivity contribution in [3.63, 3.8) is 0 Å². The van der Waals surface area contributed by atoms with Crippen LogP contribution in [0.3, 0.4) is 0 Å². The van der Waals surface area contributed by atoms with Crippen molar-refractivity contribution in [2.75, 3.05) is 57.3 Å². The van der Waals surface area contributed by atoms with Crippen LogP contribution in [0.5, 0.6) is 5.75 Å². The molecule has 9 heteroatoms. The maximum absolute atomic E-state index is 5.99. The van der Waals surface area contributed by atoms with Crippen molar-refractivity contribution < 1.29 is 18.9 Å². The van der Waals surface area contributed by atoms with Crippen molar-refractivity contribution in [3.05, 3.63) is 84.8 Å². The third-order valence-corrected chi connectivity index (χ3v) is 8.58. The van der Waals surface area contributed by atoms with E-state index in [2.05, 4.69) is 91.4 Å². The molecule has 46 heavy (non-hydrogen) atoms. The standard InChI is InChI=1S/C37H45N5O4/c1-25(46-24-28-9-8-16-45-28)40-33-19-27(37(2,3)4)20-34(36(33)43-5)41-32-13-12-29(30-10-6-7-11-31(30)32)26-21-38-35(39-22-26)23-42-14-17-44-18-15-42/h6-7,10-13,19-22,28,40-41H,1,8-9,14-18,23-24H2,2-5H3. The first-order valence-electron chi connectivity index (χ1n) is 16.1. The summed E-state index contributed by atoms with van der Waals surface area (Å²) in [6.07, 6.45) is 6.03. The summed E-state index contributed by atoms with van der Waals surface area (Å²) in [6, 6.07) is 16.9. The van der Waals surface area contributed by atoms with Crippen molar-refractivity contribution in [2.45, 2.75) is 51.7 Å². The van der Waals surface area contributed by atoms with Crippen LogP contribution in [0.2, 0.25) is 0 Å². The first kappa shape index (κ1) is 31.8. The average Bonchev–Trinajstić information content (AvgIpc) is 3.58. The highest BCUT2D eigenvalue weighted by molar-refractivity contribution is 6.04. The molecule has 0 amide bonds. The molecule has 1 unspecified atom stereocenters. The maximum atomic E-state index is 5.99. The van der Waals surface area contributed by atoms with Crippen LogP contribution in [-0.2, 0) is 26.2 Å². The molecule has 2 N–H and O–H groups in total. The van der Waals surface area contributed by atoms with E-state index in [-0.39, 0.29) is 11.5 Å². The molecule has 0 saturated carbocycles. The van der Waals surface area contributed by atoms with Gasteiger partial charge in [-0.15, -0.1) is 0 Å². The number of morpholine rings is 1. The number of anilines is 3. The third-order valence-electron chi connectivity index (χ3n) is 8.58. The molecule has 1 aromatic heterocycles. The summed E-state index contributed by atoms with van der Waals surface area (Å²) in [4.78, 5) is 11.8. The van der Waals surface area contributed by atoms with Crippen LogP contribution in [-0.4, -0.2) is 67.6 Å². The van der Waals surface area contributed by atoms with E-state index < -0.39 is 0 Å². The smallest absolute Gasteiger partial charge is 0.183 e. The van der Waals surface area contributed by atoms with E-state index in [0.717, 1.165) is 103 Å². The van der Waals surface area contributed by atoms with Crippen LogP contribution in [0.1, 0.15) is 45.0 Å². The van der Waals surface area contributed by atoms with Crippen LogP contribution >= 0.6 is 0 Å². The van der Waals surface area contributed by atoms with Gasteiger partial charge in [-0.3, -0.25) is 4.90 Å². The normalized spacial score (nSPS) is 17.2. The van der Waals surface area contributed by atoms with Crippen molar-refractivity contribution in [1.82, 2.24) is 14.9 Å². The molecule has 2 aliphatic rings. The zero-order chi connectivity index (χ0) is 32.1. The number of nitrogens with zero attached hydrogens (tertiary/aromatic N) is 3. The average molecular weight is 624 g/mol. The van der Waals surface area contributed by atoms with E-state index in [4.69, 9.17) is 28.9 Å². The number of ether oxygens (including phenoxy) is 4. The summed E-state index contributed by atoms with van der Waals surface area (Å²) in [5, 5.41) is 9.25. The number of hydrogen-bond donors (Lipinski definition) is 2. The third kappa shape index (κ3) is 7.44. The fraction of sp³-hybridized carbons (Fsp3) is 0.405. The van der Waals surface area contributed by atoms with Gasteiger partial charge >= 0.3 is 0 Å². The van der Waals surface area contributed by atoms with Crippen molar-refractivity contribution in [3.8, 4) is 16.9 Å². The Balaban J connectivity index is 1.28. The van der Waals surface area contributed by atoms with Crippen molar-refractivity contribution in [2.24, 2.45) is 0 Å². The number of benzene rings is 3. The van der Waals surface area contributed by atoms with Gasteiger partial charge in [-0.05, 0) is 59.5 Å². The van der Waals surface area contributed by atoms with E-state index in [1.54, 1.807) is 7.11 Å². The molecule has 1 atom stereocenters. The molecule has 2 saturated heterocycles. The van der Waals surface area contributed by atoms with Gasteiger partial charge in [-0.1, -0.05) is 51.1 Å². The summed E-state index contributed by atoms with van der Waals surface area (Å²) in [5.41, 5.74) is 5.68. The monoisotopic (exact) mass is 623 g/mol. The van der Waals surface area contributed by atoms with E-state index >= 15 is 0 Å². The topological polar surface area (TPSA) is 90.0 Å². The fourth-order valence-electron chi connectivity index (χ4n) is 5.96. The predicted molar refractivity (Wildman–Crippen MR) is 184 cm³/mol. The maximum Gasteiger partial charge on any atom is 0.183 e. The lowest BCUT2D eigenvalue weighted by atomic mass is 9.86. The highest BCUT2D eigenvalue weighted by atomic mass is 16.5. The van der Waals surface area contributed by atoms with Crippen LogP contribution < -0.4 is 15.4 Å². The molecule has 4 aromatic rings. The Morgan fingerprint density at radius 3 is 2.41 bits per heavy atom. The first-order valence-corrected chi connectivity index (χ1v) is 16.1. The number of rotatable bonds is 11. The number of hydrogen-bond acceptors (Lipinski definition) is 9. The fourth-order valence-corrected chi connectivity index (χ4v) is 5.96. The zero-order valence-electron chi connectivity index (χ0n) is 27.4. The van der Waals surface area contributed by atoms with Gasteiger partial charge in [0.25, 0.3) is 0 Å². The summed E-state index contributed by atoms with van der Waals surface area (Å²) < 4.78 is 23.1. The molecule has 0 radical (unpaired) electrons. The van der Waals surface area contributed by atoms with E-state index in [9.17, 15) is 0 Å². The van der Waals surface area contributed by atoms with Gasteiger partial charge in [0.2, 0.25) is 0 Å². The second-order valence-electron chi connectivity index (χ2n) is 13.0. The molecule has 6 rings (SSSR count). The second kappa shape index (κ2) is 14.1. The minimum absolute atomic E-state index is 0.106. The van der Waals surface area contributed by atoms with E-state index in [1.165, 1.54) is 0 Å².